The average Bonchev–Trinajstić information content (AvgIpc) is 2.84. The molecule has 108 valence electrons. The first-order valence-corrected chi connectivity index (χ1v) is 8.05. The number of thioether (sulfide) groups is 1. The minimum Gasteiger partial charge on any atom is -0.392 e. The largest absolute Gasteiger partial charge is 0.392 e. The summed E-state index contributed by atoms with van der Waals surface area (Å²) < 4.78 is 2.13. The van der Waals surface area contributed by atoms with E-state index in [2.05, 4.69) is 47.7 Å². The fourth-order valence-corrected chi connectivity index (χ4v) is 3.09. The van der Waals surface area contributed by atoms with Gasteiger partial charge < -0.3 is 9.67 Å². The van der Waals surface area contributed by atoms with Gasteiger partial charge in [-0.05, 0) is 25.5 Å². The van der Waals surface area contributed by atoms with Gasteiger partial charge in [-0.2, -0.15) is 0 Å². The first kappa shape index (κ1) is 15.1. The molecule has 4 heteroatoms. The first-order valence-electron chi connectivity index (χ1n) is 7.06. The second-order valence-electron chi connectivity index (χ2n) is 5.02. The molecule has 2 rings (SSSR count). The minimum atomic E-state index is -0.362. The van der Waals surface area contributed by atoms with E-state index in [-0.39, 0.29) is 6.10 Å². The second-order valence-corrected chi connectivity index (χ2v) is 6.12. The van der Waals surface area contributed by atoms with Crippen molar-refractivity contribution in [2.24, 2.45) is 0 Å². The predicted octanol–water partition coefficient (Wildman–Crippen LogP) is 3.30. The number of rotatable bonds is 7. The molecule has 20 heavy (non-hydrogen) atoms. The summed E-state index contributed by atoms with van der Waals surface area (Å²) in [6.45, 7) is 5.20. The smallest absolute Gasteiger partial charge is 0.111 e. The summed E-state index contributed by atoms with van der Waals surface area (Å²) in [5.74, 6) is 1.67. The normalized spacial score (nSPS) is 12.6. The Morgan fingerprint density at radius 2 is 2.25 bits per heavy atom. The molecule has 3 nitrogen and oxygen atoms in total. The number of imidazole rings is 1. The summed E-state index contributed by atoms with van der Waals surface area (Å²) in [5, 5.41) is 10.2. The van der Waals surface area contributed by atoms with Crippen LogP contribution in [-0.2, 0) is 13.0 Å². The van der Waals surface area contributed by atoms with Gasteiger partial charge in [0.15, 0.2) is 0 Å². The highest BCUT2D eigenvalue weighted by Gasteiger charge is 2.10. The Kier molecular flexibility index (Phi) is 5.68. The fourth-order valence-electron chi connectivity index (χ4n) is 2.14. The zero-order valence-electron chi connectivity index (χ0n) is 12.1. The van der Waals surface area contributed by atoms with E-state index in [1.54, 1.807) is 11.8 Å². The maximum atomic E-state index is 10.2. The van der Waals surface area contributed by atoms with E-state index in [1.807, 2.05) is 12.4 Å². The number of aryl methyl sites for hydroxylation is 2. The molecule has 1 atom stereocenters. The molecule has 1 heterocycles. The molecule has 0 saturated carbocycles. The molecular weight excluding hydrogens is 268 g/mol. The van der Waals surface area contributed by atoms with Gasteiger partial charge in [-0.3, -0.25) is 0 Å². The molecule has 2 aromatic rings. The van der Waals surface area contributed by atoms with Gasteiger partial charge in [-0.1, -0.05) is 24.6 Å². The Bertz CT molecular complexity index is 539. The quantitative estimate of drug-likeness (QED) is 0.795. The summed E-state index contributed by atoms with van der Waals surface area (Å²) in [7, 11) is 0. The SMILES string of the molecule is CCCn1ccnc1CC(O)CSc1cccc(C)c1. The molecule has 0 amide bonds. The van der Waals surface area contributed by atoms with Crippen LogP contribution in [0, 0.1) is 6.92 Å². The van der Waals surface area contributed by atoms with Crippen molar-refractivity contribution in [3.8, 4) is 0 Å². The molecule has 0 radical (unpaired) electrons. The van der Waals surface area contributed by atoms with E-state index < -0.39 is 0 Å². The van der Waals surface area contributed by atoms with Gasteiger partial charge in [0.2, 0.25) is 0 Å². The molecular formula is C16H22N2OS. The second kappa shape index (κ2) is 7.50. The maximum Gasteiger partial charge on any atom is 0.111 e. The third-order valence-electron chi connectivity index (χ3n) is 3.12. The molecule has 1 unspecified atom stereocenters. The topological polar surface area (TPSA) is 38.0 Å². The number of hydrogen-bond donors (Lipinski definition) is 1. The lowest BCUT2D eigenvalue weighted by Crippen LogP contribution is -2.17. The van der Waals surface area contributed by atoms with Crippen LogP contribution in [0.25, 0.3) is 0 Å². The molecule has 0 aliphatic heterocycles. The van der Waals surface area contributed by atoms with Gasteiger partial charge in [0, 0.05) is 36.0 Å². The highest BCUT2D eigenvalue weighted by Crippen LogP contribution is 2.20. The van der Waals surface area contributed by atoms with Crippen LogP contribution in [0.15, 0.2) is 41.6 Å². The number of aromatic nitrogens is 2. The summed E-state index contributed by atoms with van der Waals surface area (Å²) in [6.07, 6.45) is 5.13. The molecule has 0 spiro atoms. The van der Waals surface area contributed by atoms with Crippen molar-refractivity contribution in [2.75, 3.05) is 5.75 Å². The zero-order valence-corrected chi connectivity index (χ0v) is 12.9. The van der Waals surface area contributed by atoms with Crippen LogP contribution < -0.4 is 0 Å². The lowest BCUT2D eigenvalue weighted by atomic mass is 10.2. The average molecular weight is 290 g/mol. The summed E-state index contributed by atoms with van der Waals surface area (Å²) in [4.78, 5) is 5.55. The molecule has 0 fully saturated rings. The summed E-state index contributed by atoms with van der Waals surface area (Å²) in [5.41, 5.74) is 1.25. The van der Waals surface area contributed by atoms with Crippen LogP contribution in [0.2, 0.25) is 0 Å². The van der Waals surface area contributed by atoms with Crippen molar-refractivity contribution in [2.45, 2.75) is 44.2 Å². The van der Waals surface area contributed by atoms with Gasteiger partial charge in [0.25, 0.3) is 0 Å². The van der Waals surface area contributed by atoms with Gasteiger partial charge in [-0.15, -0.1) is 11.8 Å². The number of aliphatic hydroxyl groups is 1. The van der Waals surface area contributed by atoms with Gasteiger partial charge >= 0.3 is 0 Å². The Balaban J connectivity index is 1.86. The Hall–Kier alpha value is -1.26. The van der Waals surface area contributed by atoms with Crippen LogP contribution in [0.1, 0.15) is 24.7 Å². The first-order chi connectivity index (χ1) is 9.69. The lowest BCUT2D eigenvalue weighted by Gasteiger charge is -2.12. The number of hydrogen-bond acceptors (Lipinski definition) is 3. The minimum absolute atomic E-state index is 0.362. The van der Waals surface area contributed by atoms with Crippen LogP contribution in [0.4, 0.5) is 0 Å². The van der Waals surface area contributed by atoms with Crippen LogP contribution >= 0.6 is 11.8 Å². The third kappa shape index (κ3) is 4.39. The highest BCUT2D eigenvalue weighted by molar-refractivity contribution is 7.99. The molecule has 1 aromatic carbocycles. The molecule has 1 aromatic heterocycles. The standard InChI is InChI=1S/C16H22N2OS/c1-3-8-18-9-7-17-16(18)11-14(19)12-20-15-6-4-5-13(2)10-15/h4-7,9-10,14,19H,3,8,11-12H2,1-2H3. The maximum absolute atomic E-state index is 10.2. The Morgan fingerprint density at radius 1 is 1.40 bits per heavy atom. The van der Waals surface area contributed by atoms with Crippen LogP contribution in [0.5, 0.6) is 0 Å². The lowest BCUT2D eigenvalue weighted by molar-refractivity contribution is 0.196. The van der Waals surface area contributed by atoms with Crippen LogP contribution in [0.3, 0.4) is 0 Å². The van der Waals surface area contributed by atoms with E-state index >= 15 is 0 Å². The van der Waals surface area contributed by atoms with Gasteiger partial charge in [0.1, 0.15) is 5.82 Å². The van der Waals surface area contributed by atoms with E-state index in [0.29, 0.717) is 12.2 Å². The van der Waals surface area contributed by atoms with Crippen molar-refractivity contribution in [3.05, 3.63) is 48.0 Å². The van der Waals surface area contributed by atoms with Crippen molar-refractivity contribution >= 4 is 11.8 Å². The van der Waals surface area contributed by atoms with Gasteiger partial charge in [-0.25, -0.2) is 4.98 Å². The van der Waals surface area contributed by atoms with E-state index in [0.717, 1.165) is 18.8 Å². The Labute approximate surface area is 125 Å². The highest BCUT2D eigenvalue weighted by atomic mass is 32.2. The van der Waals surface area contributed by atoms with Crippen LogP contribution in [-0.4, -0.2) is 26.5 Å². The Morgan fingerprint density at radius 3 is 3.00 bits per heavy atom. The van der Waals surface area contributed by atoms with Crippen molar-refractivity contribution < 1.29 is 5.11 Å². The van der Waals surface area contributed by atoms with E-state index in [9.17, 15) is 5.11 Å². The number of benzene rings is 1. The van der Waals surface area contributed by atoms with Crippen molar-refractivity contribution in [1.82, 2.24) is 9.55 Å². The third-order valence-corrected chi connectivity index (χ3v) is 4.26. The predicted molar refractivity (Wildman–Crippen MR) is 84.1 cm³/mol. The number of aliphatic hydroxyl groups excluding tert-OH is 1. The van der Waals surface area contributed by atoms with Crippen molar-refractivity contribution in [3.63, 3.8) is 0 Å². The summed E-state index contributed by atoms with van der Waals surface area (Å²) in [6, 6.07) is 8.37. The van der Waals surface area contributed by atoms with E-state index in [4.69, 9.17) is 0 Å². The van der Waals surface area contributed by atoms with Gasteiger partial charge in [0.05, 0.1) is 6.10 Å². The zero-order chi connectivity index (χ0) is 14.4. The summed E-state index contributed by atoms with van der Waals surface area (Å²) >= 11 is 1.70. The number of nitrogens with zero attached hydrogens (tertiary/aromatic N) is 2. The fraction of sp³-hybridized carbons (Fsp3) is 0.438. The van der Waals surface area contributed by atoms with E-state index in [1.165, 1.54) is 10.5 Å². The molecule has 0 bridgehead atoms. The molecule has 0 aliphatic rings. The monoisotopic (exact) mass is 290 g/mol. The molecule has 0 saturated heterocycles. The molecule has 0 aliphatic carbocycles. The van der Waals surface area contributed by atoms with Crippen molar-refractivity contribution in [1.29, 1.82) is 0 Å². The molecule has 1 N–H and O–H groups in total.